The molecule has 0 aliphatic heterocycles. The highest BCUT2D eigenvalue weighted by Crippen LogP contribution is 2.06. The number of carbonyl (C=O) groups is 1. The Morgan fingerprint density at radius 3 is 2.09 bits per heavy atom. The smallest absolute Gasteiger partial charge is 0.407 e. The van der Waals surface area contributed by atoms with Crippen LogP contribution in [0.2, 0.25) is 0 Å². The molecule has 9 heteroatoms. The van der Waals surface area contributed by atoms with Crippen LogP contribution in [0.25, 0.3) is 0 Å². The maximum absolute atomic E-state index is 11.3. The number of carbonyl (C=O) groups excluding carboxylic acids is 1. The maximum atomic E-state index is 11.3. The number of nitrogens with one attached hydrogen (secondary N) is 2. The molecule has 0 bridgehead atoms. The number of amides is 1. The number of hydrogen-bond acceptors (Lipinski definition) is 8. The first kappa shape index (κ1) is 21.0. The Bertz CT molecular complexity index is 322. The largest absolute Gasteiger partial charge is 0.444 e. The summed E-state index contributed by atoms with van der Waals surface area (Å²) < 4.78 is 5.02. The molecule has 0 heterocycles. The van der Waals surface area contributed by atoms with Crippen molar-refractivity contribution in [3.05, 3.63) is 0 Å². The van der Waals surface area contributed by atoms with Crippen molar-refractivity contribution in [1.82, 2.24) is 10.6 Å². The summed E-state index contributed by atoms with van der Waals surface area (Å²) in [6, 6.07) is 0. The fourth-order valence-corrected chi connectivity index (χ4v) is 1.50. The van der Waals surface area contributed by atoms with Crippen molar-refractivity contribution < 1.29 is 35.1 Å². The Balaban J connectivity index is 3.85. The van der Waals surface area contributed by atoms with Crippen molar-refractivity contribution in [2.24, 2.45) is 0 Å². The van der Waals surface area contributed by atoms with Crippen molar-refractivity contribution in [2.75, 3.05) is 26.2 Å². The van der Waals surface area contributed by atoms with Crippen LogP contribution in [-0.2, 0) is 4.74 Å². The van der Waals surface area contributed by atoms with Crippen LogP contribution in [-0.4, -0.2) is 87.9 Å². The van der Waals surface area contributed by atoms with Crippen molar-refractivity contribution in [3.63, 3.8) is 0 Å². The first-order chi connectivity index (χ1) is 10.1. The van der Waals surface area contributed by atoms with E-state index in [0.717, 1.165) is 0 Å². The number of ether oxygens (including phenoxy) is 1. The lowest BCUT2D eigenvalue weighted by molar-refractivity contribution is -0.113. The molecule has 1 amide bonds. The summed E-state index contributed by atoms with van der Waals surface area (Å²) in [5.74, 6) is 0. The van der Waals surface area contributed by atoms with Gasteiger partial charge in [-0.25, -0.2) is 4.79 Å². The molecule has 0 unspecified atom stereocenters. The standard InChI is InChI=1S/C13H28N2O7/c1-13(2,3)22-12(21)15-5-4-14-6-8(17)10(19)11(20)9(18)7-16/h8-11,14,16-20H,4-7H2,1-3H3,(H,15,21)/t8-,9+,10+,11+/m0/s1. The SMILES string of the molecule is CC(C)(C)OC(=O)NCCNC[C@H](O)[C@@H](O)[C@H](O)[C@H](O)CO. The fourth-order valence-electron chi connectivity index (χ4n) is 1.50. The molecule has 0 aliphatic carbocycles. The third-order valence-electron chi connectivity index (χ3n) is 2.65. The zero-order valence-electron chi connectivity index (χ0n) is 13.2. The first-order valence-corrected chi connectivity index (χ1v) is 7.09. The summed E-state index contributed by atoms with van der Waals surface area (Å²) in [5.41, 5.74) is -0.582. The van der Waals surface area contributed by atoms with Gasteiger partial charge < -0.3 is 40.9 Å². The van der Waals surface area contributed by atoms with Crippen LogP contribution in [0, 0.1) is 0 Å². The van der Waals surface area contributed by atoms with Crippen molar-refractivity contribution in [3.8, 4) is 0 Å². The molecule has 0 aromatic rings. The van der Waals surface area contributed by atoms with Crippen LogP contribution in [0.1, 0.15) is 20.8 Å². The van der Waals surface area contributed by atoms with Crippen molar-refractivity contribution >= 4 is 6.09 Å². The fraction of sp³-hybridized carbons (Fsp3) is 0.923. The highest BCUT2D eigenvalue weighted by Gasteiger charge is 2.29. The van der Waals surface area contributed by atoms with E-state index in [0.29, 0.717) is 6.54 Å². The Morgan fingerprint density at radius 1 is 1.05 bits per heavy atom. The zero-order chi connectivity index (χ0) is 17.3. The van der Waals surface area contributed by atoms with Gasteiger partial charge in [-0.1, -0.05) is 0 Å². The first-order valence-electron chi connectivity index (χ1n) is 7.09. The Kier molecular flexibility index (Phi) is 9.49. The highest BCUT2D eigenvalue weighted by molar-refractivity contribution is 5.67. The summed E-state index contributed by atoms with van der Waals surface area (Å²) >= 11 is 0. The molecule has 0 saturated heterocycles. The topological polar surface area (TPSA) is 152 Å². The highest BCUT2D eigenvalue weighted by atomic mass is 16.6. The summed E-state index contributed by atoms with van der Waals surface area (Å²) in [6.45, 7) is 5.00. The monoisotopic (exact) mass is 324 g/mol. The molecule has 22 heavy (non-hydrogen) atoms. The molecule has 0 spiro atoms. The molecule has 132 valence electrons. The lowest BCUT2D eigenvalue weighted by Gasteiger charge is -2.25. The summed E-state index contributed by atoms with van der Waals surface area (Å²) in [7, 11) is 0. The van der Waals surface area contributed by atoms with Crippen LogP contribution in [0.5, 0.6) is 0 Å². The summed E-state index contributed by atoms with van der Waals surface area (Å²) in [6.07, 6.45) is -6.68. The average molecular weight is 324 g/mol. The van der Waals surface area contributed by atoms with E-state index in [1.165, 1.54) is 0 Å². The van der Waals surface area contributed by atoms with E-state index in [4.69, 9.17) is 14.9 Å². The second kappa shape index (κ2) is 9.93. The van der Waals surface area contributed by atoms with E-state index in [9.17, 15) is 20.1 Å². The van der Waals surface area contributed by atoms with Gasteiger partial charge in [0.25, 0.3) is 0 Å². The molecule has 7 N–H and O–H groups in total. The molecule has 9 nitrogen and oxygen atoms in total. The van der Waals surface area contributed by atoms with Crippen LogP contribution < -0.4 is 10.6 Å². The van der Waals surface area contributed by atoms with Gasteiger partial charge in [0.05, 0.1) is 12.7 Å². The number of alkyl carbamates (subject to hydrolysis) is 1. The van der Waals surface area contributed by atoms with Gasteiger partial charge in [-0.3, -0.25) is 0 Å². The molecule has 0 fully saturated rings. The molecular weight excluding hydrogens is 296 g/mol. The lowest BCUT2D eigenvalue weighted by Crippen LogP contribution is -2.49. The quantitative estimate of drug-likeness (QED) is 0.231. The normalized spacial score (nSPS) is 17.5. The minimum atomic E-state index is -1.65. The molecule has 0 aliphatic rings. The van der Waals surface area contributed by atoms with Gasteiger partial charge in [0.1, 0.15) is 23.9 Å². The van der Waals surface area contributed by atoms with Gasteiger partial charge in [0.2, 0.25) is 0 Å². The van der Waals surface area contributed by atoms with E-state index < -0.39 is 42.7 Å². The predicted octanol–water partition coefficient (Wildman–Crippen LogP) is -2.46. The van der Waals surface area contributed by atoms with E-state index >= 15 is 0 Å². The van der Waals surface area contributed by atoms with E-state index in [1.807, 2.05) is 0 Å². The molecule has 0 aromatic heterocycles. The number of aliphatic hydroxyl groups excluding tert-OH is 5. The Hall–Kier alpha value is -0.970. The number of hydrogen-bond donors (Lipinski definition) is 7. The molecule has 4 atom stereocenters. The Morgan fingerprint density at radius 2 is 1.59 bits per heavy atom. The Labute approximate surface area is 129 Å². The second-order valence-electron chi connectivity index (χ2n) is 5.93. The van der Waals surface area contributed by atoms with Gasteiger partial charge in [-0.15, -0.1) is 0 Å². The third-order valence-corrected chi connectivity index (χ3v) is 2.65. The van der Waals surface area contributed by atoms with Crippen molar-refractivity contribution in [2.45, 2.75) is 50.8 Å². The summed E-state index contributed by atoms with van der Waals surface area (Å²) in [4.78, 5) is 11.3. The minimum Gasteiger partial charge on any atom is -0.444 e. The number of rotatable bonds is 9. The molecule has 0 rings (SSSR count). The van der Waals surface area contributed by atoms with Crippen LogP contribution >= 0.6 is 0 Å². The summed E-state index contributed by atoms with van der Waals surface area (Å²) in [5, 5.41) is 51.7. The van der Waals surface area contributed by atoms with E-state index in [1.54, 1.807) is 20.8 Å². The van der Waals surface area contributed by atoms with E-state index in [-0.39, 0.29) is 13.1 Å². The van der Waals surface area contributed by atoms with Crippen molar-refractivity contribution in [1.29, 1.82) is 0 Å². The third kappa shape index (κ3) is 9.13. The second-order valence-corrected chi connectivity index (χ2v) is 5.93. The maximum Gasteiger partial charge on any atom is 0.407 e. The van der Waals surface area contributed by atoms with Gasteiger partial charge in [-0.05, 0) is 20.8 Å². The molecule has 0 radical (unpaired) electrons. The average Bonchev–Trinajstić information content (AvgIpc) is 2.42. The van der Waals surface area contributed by atoms with Crippen LogP contribution in [0.15, 0.2) is 0 Å². The van der Waals surface area contributed by atoms with Gasteiger partial charge in [0, 0.05) is 19.6 Å². The van der Waals surface area contributed by atoms with Gasteiger partial charge in [0.15, 0.2) is 0 Å². The van der Waals surface area contributed by atoms with Gasteiger partial charge in [-0.2, -0.15) is 0 Å². The molecular formula is C13H28N2O7. The minimum absolute atomic E-state index is 0.0631. The lowest BCUT2D eigenvalue weighted by atomic mass is 10.0. The van der Waals surface area contributed by atoms with E-state index in [2.05, 4.69) is 10.6 Å². The van der Waals surface area contributed by atoms with Gasteiger partial charge >= 0.3 is 6.09 Å². The van der Waals surface area contributed by atoms with Crippen LogP contribution in [0.3, 0.4) is 0 Å². The zero-order valence-corrected chi connectivity index (χ0v) is 13.2. The molecule has 0 saturated carbocycles. The van der Waals surface area contributed by atoms with Crippen LogP contribution in [0.4, 0.5) is 4.79 Å². The predicted molar refractivity (Wildman–Crippen MR) is 78.2 cm³/mol. The number of aliphatic hydroxyl groups is 5. The molecule has 0 aromatic carbocycles.